The molecule has 0 bridgehead atoms. The van der Waals surface area contributed by atoms with Crippen LogP contribution in [-0.4, -0.2) is 119 Å². The number of aliphatic hydroxyl groups excluding tert-OH is 1. The molecule has 1 atom stereocenters. The van der Waals surface area contributed by atoms with E-state index in [0.29, 0.717) is 59.5 Å². The van der Waals surface area contributed by atoms with Crippen molar-refractivity contribution in [1.82, 2.24) is 10.2 Å². The number of rotatable bonds is 19. The Morgan fingerprint density at radius 1 is 0.763 bits per heavy atom. The first-order valence-corrected chi connectivity index (χ1v) is 12.5. The van der Waals surface area contributed by atoms with E-state index in [2.05, 4.69) is 5.32 Å². The zero-order chi connectivity index (χ0) is 27.2. The van der Waals surface area contributed by atoms with Gasteiger partial charge in [-0.3, -0.25) is 29.4 Å². The summed E-state index contributed by atoms with van der Waals surface area (Å²) in [6, 6.07) is 3.66. The van der Waals surface area contributed by atoms with Crippen molar-refractivity contribution in [3.8, 4) is 5.75 Å². The fourth-order valence-electron chi connectivity index (χ4n) is 3.86. The highest BCUT2D eigenvalue weighted by atomic mass is 16.6. The molecule has 2 aliphatic heterocycles. The molecule has 1 aromatic carbocycles. The van der Waals surface area contributed by atoms with Crippen LogP contribution in [0.3, 0.4) is 0 Å². The fraction of sp³-hybridized carbons (Fsp3) is 0.600. The van der Waals surface area contributed by atoms with Gasteiger partial charge >= 0.3 is 0 Å². The average Bonchev–Trinajstić information content (AvgIpc) is 3.16. The van der Waals surface area contributed by atoms with Crippen LogP contribution in [0, 0.1) is 0 Å². The van der Waals surface area contributed by atoms with Crippen LogP contribution in [0.25, 0.3) is 0 Å². The molecule has 1 saturated heterocycles. The van der Waals surface area contributed by atoms with E-state index in [4.69, 9.17) is 33.5 Å². The van der Waals surface area contributed by atoms with Crippen molar-refractivity contribution in [3.05, 3.63) is 29.3 Å². The van der Waals surface area contributed by atoms with Crippen LogP contribution >= 0.6 is 0 Å². The number of nitrogens with zero attached hydrogens (tertiary/aromatic N) is 1. The van der Waals surface area contributed by atoms with Crippen LogP contribution in [0.4, 0.5) is 0 Å². The summed E-state index contributed by atoms with van der Waals surface area (Å²) < 4.78 is 32.3. The number of fused-ring (bicyclic) bond motifs is 1. The van der Waals surface area contributed by atoms with Crippen LogP contribution in [0.15, 0.2) is 18.2 Å². The predicted octanol–water partition coefficient (Wildman–Crippen LogP) is -0.458. The Labute approximate surface area is 220 Å². The van der Waals surface area contributed by atoms with Crippen molar-refractivity contribution in [1.29, 1.82) is 0 Å². The van der Waals surface area contributed by atoms with Crippen LogP contribution in [0.5, 0.6) is 5.75 Å². The Morgan fingerprint density at radius 2 is 1.32 bits per heavy atom. The Bertz CT molecular complexity index is 955. The molecule has 0 aliphatic carbocycles. The van der Waals surface area contributed by atoms with Crippen LogP contribution < -0.4 is 10.1 Å². The van der Waals surface area contributed by atoms with E-state index in [9.17, 15) is 19.2 Å². The zero-order valence-electron chi connectivity index (χ0n) is 21.2. The highest BCUT2D eigenvalue weighted by Crippen LogP contribution is 2.33. The number of hydrogen-bond donors (Lipinski definition) is 2. The summed E-state index contributed by atoms with van der Waals surface area (Å²) in [4.78, 5) is 50.4. The Balaban J connectivity index is 1.26. The molecular formula is C25H34N2O11. The SMILES string of the molecule is O=C1CCC(N2C(=O)c3cccc(OCCOCCOCCOCCOCCOCCO)c3C2=O)C(=O)N1. The molecule has 0 saturated carbocycles. The number of carbonyl (C=O) groups excluding carboxylic acids is 4. The van der Waals surface area contributed by atoms with E-state index in [1.54, 1.807) is 12.1 Å². The standard InChI is InChI=1S/C25H34N2O11/c28-6-7-33-8-9-34-10-11-35-12-13-36-14-15-37-16-17-38-20-3-1-2-18-22(20)25(32)27(24(18)31)19-4-5-21(29)26-23(19)30/h1-3,19,28H,4-17H2,(H,26,29,30). The van der Waals surface area contributed by atoms with Crippen LogP contribution in [0.1, 0.15) is 33.6 Å². The van der Waals surface area contributed by atoms with E-state index >= 15 is 0 Å². The number of imide groups is 2. The van der Waals surface area contributed by atoms with Gasteiger partial charge in [0.25, 0.3) is 11.8 Å². The van der Waals surface area contributed by atoms with Gasteiger partial charge in [-0.05, 0) is 18.6 Å². The van der Waals surface area contributed by atoms with Crippen molar-refractivity contribution in [3.63, 3.8) is 0 Å². The molecule has 4 amide bonds. The Kier molecular flexibility index (Phi) is 12.6. The van der Waals surface area contributed by atoms with Crippen molar-refractivity contribution >= 4 is 23.6 Å². The van der Waals surface area contributed by atoms with E-state index in [1.165, 1.54) is 6.07 Å². The normalized spacial score (nSPS) is 17.2. The number of carbonyl (C=O) groups is 4. The van der Waals surface area contributed by atoms with E-state index in [1.807, 2.05) is 0 Å². The minimum absolute atomic E-state index is 0.00277. The molecular weight excluding hydrogens is 504 g/mol. The number of ether oxygens (including phenoxy) is 6. The molecule has 2 heterocycles. The maximum absolute atomic E-state index is 13.0. The first kappa shape index (κ1) is 29.6. The minimum atomic E-state index is -1.03. The van der Waals surface area contributed by atoms with Gasteiger partial charge < -0.3 is 33.5 Å². The molecule has 2 N–H and O–H groups in total. The molecule has 3 rings (SSSR count). The summed E-state index contributed by atoms with van der Waals surface area (Å²) >= 11 is 0. The fourth-order valence-corrected chi connectivity index (χ4v) is 3.86. The molecule has 1 unspecified atom stereocenters. The van der Waals surface area contributed by atoms with Gasteiger partial charge in [0.15, 0.2) is 0 Å². The van der Waals surface area contributed by atoms with E-state index in [-0.39, 0.29) is 49.5 Å². The quantitative estimate of drug-likeness (QED) is 0.173. The second-order valence-corrected chi connectivity index (χ2v) is 8.26. The number of hydrogen-bond acceptors (Lipinski definition) is 11. The first-order chi connectivity index (χ1) is 18.5. The third-order valence-electron chi connectivity index (χ3n) is 5.64. The molecule has 1 aromatic rings. The number of aliphatic hydroxyl groups is 1. The minimum Gasteiger partial charge on any atom is -0.490 e. The molecule has 2 aliphatic rings. The summed E-state index contributed by atoms with van der Waals surface area (Å²) in [5, 5.41) is 10.7. The lowest BCUT2D eigenvalue weighted by molar-refractivity contribution is -0.136. The zero-order valence-corrected chi connectivity index (χ0v) is 21.2. The maximum atomic E-state index is 13.0. The molecule has 0 spiro atoms. The lowest BCUT2D eigenvalue weighted by Crippen LogP contribution is -2.54. The topological polar surface area (TPSA) is 159 Å². The second kappa shape index (κ2) is 16.1. The van der Waals surface area contributed by atoms with Gasteiger partial charge in [0.2, 0.25) is 11.8 Å². The van der Waals surface area contributed by atoms with E-state index in [0.717, 1.165) is 4.90 Å². The van der Waals surface area contributed by atoms with Gasteiger partial charge in [-0.15, -0.1) is 0 Å². The summed E-state index contributed by atoms with van der Waals surface area (Å²) in [6.07, 6.45) is 0.144. The largest absolute Gasteiger partial charge is 0.490 e. The van der Waals surface area contributed by atoms with Gasteiger partial charge in [0.1, 0.15) is 18.4 Å². The molecule has 13 nitrogen and oxygen atoms in total. The Hall–Kier alpha value is -2.94. The summed E-state index contributed by atoms with van der Waals surface area (Å²) in [7, 11) is 0. The lowest BCUT2D eigenvalue weighted by Gasteiger charge is -2.27. The summed E-state index contributed by atoms with van der Waals surface area (Å²) in [6.45, 7) is 4.01. The number of benzene rings is 1. The molecule has 13 heteroatoms. The van der Waals surface area contributed by atoms with Crippen molar-refractivity contribution < 1.29 is 52.7 Å². The first-order valence-electron chi connectivity index (χ1n) is 12.5. The predicted molar refractivity (Wildman–Crippen MR) is 130 cm³/mol. The van der Waals surface area contributed by atoms with Gasteiger partial charge in [-0.25, -0.2) is 0 Å². The highest BCUT2D eigenvalue weighted by molar-refractivity contribution is 6.24. The number of nitrogens with one attached hydrogen (secondary N) is 1. The van der Waals surface area contributed by atoms with Crippen molar-refractivity contribution in [2.24, 2.45) is 0 Å². The van der Waals surface area contributed by atoms with Crippen LogP contribution in [0.2, 0.25) is 0 Å². The third kappa shape index (κ3) is 8.55. The second-order valence-electron chi connectivity index (χ2n) is 8.26. The molecule has 1 fully saturated rings. The maximum Gasteiger partial charge on any atom is 0.266 e. The molecule has 0 aromatic heterocycles. The highest BCUT2D eigenvalue weighted by Gasteiger charge is 2.45. The monoisotopic (exact) mass is 538 g/mol. The number of piperidine rings is 1. The van der Waals surface area contributed by atoms with Gasteiger partial charge in [0, 0.05) is 6.42 Å². The van der Waals surface area contributed by atoms with Gasteiger partial charge in [-0.1, -0.05) is 6.07 Å². The van der Waals surface area contributed by atoms with Crippen molar-refractivity contribution in [2.45, 2.75) is 18.9 Å². The van der Waals surface area contributed by atoms with E-state index < -0.39 is 29.7 Å². The number of amides is 4. The average molecular weight is 539 g/mol. The summed E-state index contributed by atoms with van der Waals surface area (Å²) in [5.41, 5.74) is 0.262. The Morgan fingerprint density at radius 3 is 1.87 bits per heavy atom. The smallest absolute Gasteiger partial charge is 0.266 e. The summed E-state index contributed by atoms with van der Waals surface area (Å²) in [5.74, 6) is -2.06. The lowest BCUT2D eigenvalue weighted by atomic mass is 10.0. The molecule has 38 heavy (non-hydrogen) atoms. The molecule has 0 radical (unpaired) electrons. The molecule has 210 valence electrons. The van der Waals surface area contributed by atoms with Crippen LogP contribution in [-0.2, 0) is 33.3 Å². The van der Waals surface area contributed by atoms with Gasteiger partial charge in [0.05, 0.1) is 83.8 Å². The third-order valence-corrected chi connectivity index (χ3v) is 5.64. The van der Waals surface area contributed by atoms with Gasteiger partial charge in [-0.2, -0.15) is 0 Å². The van der Waals surface area contributed by atoms with Crippen molar-refractivity contribution in [2.75, 3.05) is 79.3 Å².